The second kappa shape index (κ2) is 5.97. The van der Waals surface area contributed by atoms with Crippen LogP contribution in [0.2, 0.25) is 0 Å². The van der Waals surface area contributed by atoms with E-state index in [9.17, 15) is 4.79 Å². The van der Waals surface area contributed by atoms with Gasteiger partial charge in [-0.25, -0.2) is 4.79 Å². The minimum atomic E-state index is -0.697. The molecule has 0 N–H and O–H groups in total. The normalized spacial score (nSPS) is 13.5. The Morgan fingerprint density at radius 2 is 2.05 bits per heavy atom. The van der Waals surface area contributed by atoms with Crippen molar-refractivity contribution >= 4 is 23.2 Å². The summed E-state index contributed by atoms with van der Waals surface area (Å²) in [7, 11) is 1.28. The van der Waals surface area contributed by atoms with Crippen LogP contribution >= 0.6 is 0 Å². The zero-order chi connectivity index (χ0) is 15.5. The number of nitrogens with zero attached hydrogens (tertiary/aromatic N) is 3. The number of methoxy groups -OCH3 is 1. The molecule has 5 heteroatoms. The largest absolute Gasteiger partial charge is 0.452 e. The molecule has 112 valence electrons. The van der Waals surface area contributed by atoms with Crippen LogP contribution in [0.3, 0.4) is 0 Å². The number of fused-ring (bicyclic) bond motifs is 1. The van der Waals surface area contributed by atoms with E-state index in [4.69, 9.17) is 0 Å². The molecule has 0 fully saturated rings. The minimum absolute atomic E-state index is 0.668. The summed E-state index contributed by atoms with van der Waals surface area (Å²) in [5, 5.41) is 7.41. The van der Waals surface area contributed by atoms with Crippen LogP contribution in [-0.4, -0.2) is 19.7 Å². The zero-order valence-corrected chi connectivity index (χ0v) is 12.6. The average Bonchev–Trinajstić information content (AvgIpc) is 2.97. The van der Waals surface area contributed by atoms with Crippen molar-refractivity contribution in [3.8, 4) is 0 Å². The highest BCUT2D eigenvalue weighted by atomic mass is 16.5. The fourth-order valence-electron chi connectivity index (χ4n) is 2.66. The van der Waals surface area contributed by atoms with Crippen molar-refractivity contribution in [2.24, 2.45) is 10.2 Å². The van der Waals surface area contributed by atoms with Crippen LogP contribution in [0.25, 0.3) is 0 Å². The fraction of sp³-hybridized carbons (Fsp3) is 0.235. The van der Waals surface area contributed by atoms with Gasteiger partial charge in [-0.05, 0) is 48.7 Å². The Hall–Kier alpha value is -2.69. The fourth-order valence-corrected chi connectivity index (χ4v) is 2.66. The first-order chi connectivity index (χ1) is 10.7. The number of azo groups is 1. The summed E-state index contributed by atoms with van der Waals surface area (Å²) in [6.45, 7) is 2.93. The number of hydrogen-bond acceptors (Lipinski definition) is 4. The van der Waals surface area contributed by atoms with Gasteiger partial charge in [0.05, 0.1) is 12.8 Å². The van der Waals surface area contributed by atoms with Crippen LogP contribution in [-0.2, 0) is 11.2 Å². The second-order valence-electron chi connectivity index (χ2n) is 5.17. The number of ether oxygens (including phenoxy) is 1. The van der Waals surface area contributed by atoms with Gasteiger partial charge in [0.2, 0.25) is 0 Å². The SMILES string of the molecule is COC(=O)N=Nc1ccc(N2CCc3ccccc32)cc1C. The number of benzene rings is 2. The first-order valence-electron chi connectivity index (χ1n) is 7.15. The van der Waals surface area contributed by atoms with Crippen molar-refractivity contribution < 1.29 is 9.53 Å². The summed E-state index contributed by atoms with van der Waals surface area (Å²) in [5.74, 6) is 0. The van der Waals surface area contributed by atoms with E-state index in [0.29, 0.717) is 5.69 Å². The third kappa shape index (κ3) is 2.70. The third-order valence-electron chi connectivity index (χ3n) is 3.79. The number of carbonyl (C=O) groups is 1. The molecule has 2 aromatic rings. The lowest BCUT2D eigenvalue weighted by Crippen LogP contribution is -2.13. The van der Waals surface area contributed by atoms with Gasteiger partial charge in [0, 0.05) is 17.9 Å². The molecule has 1 amide bonds. The molecule has 0 saturated carbocycles. The van der Waals surface area contributed by atoms with Gasteiger partial charge in [-0.1, -0.05) is 23.3 Å². The van der Waals surface area contributed by atoms with Crippen LogP contribution in [0, 0.1) is 6.92 Å². The maximum absolute atomic E-state index is 11.0. The van der Waals surface area contributed by atoms with E-state index in [0.717, 1.165) is 24.2 Å². The molecular formula is C17H17N3O2. The molecule has 22 heavy (non-hydrogen) atoms. The molecule has 0 radical (unpaired) electrons. The molecule has 1 aliphatic rings. The van der Waals surface area contributed by atoms with E-state index in [2.05, 4.69) is 50.2 Å². The van der Waals surface area contributed by atoms with Crippen molar-refractivity contribution in [1.82, 2.24) is 0 Å². The number of anilines is 2. The molecule has 0 aromatic heterocycles. The van der Waals surface area contributed by atoms with Gasteiger partial charge in [-0.2, -0.15) is 0 Å². The van der Waals surface area contributed by atoms with Crippen molar-refractivity contribution in [2.75, 3.05) is 18.6 Å². The van der Waals surface area contributed by atoms with Crippen molar-refractivity contribution in [2.45, 2.75) is 13.3 Å². The maximum atomic E-state index is 11.0. The zero-order valence-electron chi connectivity index (χ0n) is 12.6. The van der Waals surface area contributed by atoms with Gasteiger partial charge in [0.15, 0.2) is 0 Å². The average molecular weight is 295 g/mol. The monoisotopic (exact) mass is 295 g/mol. The van der Waals surface area contributed by atoms with Gasteiger partial charge in [0.25, 0.3) is 0 Å². The lowest BCUT2D eigenvalue weighted by atomic mass is 10.1. The number of rotatable bonds is 2. The molecule has 0 aliphatic carbocycles. The Morgan fingerprint density at radius 1 is 1.23 bits per heavy atom. The molecule has 1 heterocycles. The van der Waals surface area contributed by atoms with Gasteiger partial charge in [-0.15, -0.1) is 5.11 Å². The Bertz CT molecular complexity index is 740. The van der Waals surface area contributed by atoms with Crippen LogP contribution in [0.4, 0.5) is 21.9 Å². The summed E-state index contributed by atoms with van der Waals surface area (Å²) in [4.78, 5) is 13.3. The van der Waals surface area contributed by atoms with Crippen molar-refractivity contribution in [3.05, 3.63) is 53.6 Å². The van der Waals surface area contributed by atoms with Crippen LogP contribution in [0.5, 0.6) is 0 Å². The summed E-state index contributed by atoms with van der Waals surface area (Å²) in [5.41, 5.74) is 5.39. The molecule has 0 bridgehead atoms. The minimum Gasteiger partial charge on any atom is -0.450 e. The van der Waals surface area contributed by atoms with Crippen LogP contribution in [0.1, 0.15) is 11.1 Å². The molecule has 0 unspecified atom stereocenters. The van der Waals surface area contributed by atoms with Gasteiger partial charge in [0.1, 0.15) is 0 Å². The quantitative estimate of drug-likeness (QED) is 0.764. The molecule has 0 spiro atoms. The van der Waals surface area contributed by atoms with E-state index in [1.54, 1.807) is 0 Å². The number of para-hydroxylation sites is 1. The lowest BCUT2D eigenvalue weighted by Gasteiger charge is -2.20. The Kier molecular flexibility index (Phi) is 3.87. The predicted molar refractivity (Wildman–Crippen MR) is 85.3 cm³/mol. The number of amides is 1. The topological polar surface area (TPSA) is 54.3 Å². The third-order valence-corrected chi connectivity index (χ3v) is 3.79. The first-order valence-corrected chi connectivity index (χ1v) is 7.15. The molecule has 5 nitrogen and oxygen atoms in total. The molecule has 3 rings (SSSR count). The van der Waals surface area contributed by atoms with Crippen LogP contribution < -0.4 is 4.90 Å². The smallest absolute Gasteiger partial charge is 0.450 e. The second-order valence-corrected chi connectivity index (χ2v) is 5.17. The summed E-state index contributed by atoms with van der Waals surface area (Å²) >= 11 is 0. The van der Waals surface area contributed by atoms with E-state index in [1.807, 2.05) is 19.1 Å². The number of carbonyl (C=O) groups excluding carboxylic acids is 1. The molecule has 1 aliphatic heterocycles. The Balaban J connectivity index is 1.87. The van der Waals surface area contributed by atoms with Gasteiger partial charge >= 0.3 is 6.09 Å². The summed E-state index contributed by atoms with van der Waals surface area (Å²) < 4.78 is 4.45. The maximum Gasteiger partial charge on any atom is 0.452 e. The number of hydrogen-bond donors (Lipinski definition) is 0. The lowest BCUT2D eigenvalue weighted by molar-refractivity contribution is 0.181. The van der Waals surface area contributed by atoms with Crippen LogP contribution in [0.15, 0.2) is 52.7 Å². The molecule has 2 aromatic carbocycles. The highest BCUT2D eigenvalue weighted by Gasteiger charge is 2.19. The van der Waals surface area contributed by atoms with E-state index in [-0.39, 0.29) is 0 Å². The van der Waals surface area contributed by atoms with E-state index < -0.39 is 6.09 Å². The van der Waals surface area contributed by atoms with Gasteiger partial charge in [-0.3, -0.25) is 0 Å². The Labute approximate surface area is 129 Å². The molecular weight excluding hydrogens is 278 g/mol. The summed E-state index contributed by atoms with van der Waals surface area (Å²) in [6.07, 6.45) is 0.357. The first kappa shape index (κ1) is 14.3. The molecule has 0 atom stereocenters. The van der Waals surface area contributed by atoms with Gasteiger partial charge < -0.3 is 9.64 Å². The predicted octanol–water partition coefficient (Wildman–Crippen LogP) is 4.54. The highest BCUT2D eigenvalue weighted by molar-refractivity contribution is 5.72. The Morgan fingerprint density at radius 3 is 2.82 bits per heavy atom. The highest BCUT2D eigenvalue weighted by Crippen LogP contribution is 2.36. The van der Waals surface area contributed by atoms with E-state index >= 15 is 0 Å². The van der Waals surface area contributed by atoms with E-state index in [1.165, 1.54) is 18.4 Å². The van der Waals surface area contributed by atoms with Crippen molar-refractivity contribution in [3.63, 3.8) is 0 Å². The standard InChI is InChI=1S/C17H17N3O2/c1-12-11-14(7-8-15(12)18-19-17(21)22-2)20-10-9-13-5-3-4-6-16(13)20/h3-8,11H,9-10H2,1-2H3. The van der Waals surface area contributed by atoms with Crippen molar-refractivity contribution in [1.29, 1.82) is 0 Å². The number of aryl methyl sites for hydroxylation is 1. The molecule has 0 saturated heterocycles. The summed E-state index contributed by atoms with van der Waals surface area (Å²) in [6, 6.07) is 14.4.